The van der Waals surface area contributed by atoms with Crippen molar-refractivity contribution in [1.29, 1.82) is 0 Å². The van der Waals surface area contributed by atoms with E-state index in [4.69, 9.17) is 16.3 Å². The van der Waals surface area contributed by atoms with Crippen LogP contribution in [-0.4, -0.2) is 31.1 Å². The fourth-order valence-corrected chi connectivity index (χ4v) is 3.00. The lowest BCUT2D eigenvalue weighted by Gasteiger charge is -2.18. The Labute approximate surface area is 157 Å². The summed E-state index contributed by atoms with van der Waals surface area (Å²) in [5.41, 5.74) is 1.36. The Morgan fingerprint density at radius 3 is 2.69 bits per heavy atom. The molecule has 3 rings (SSSR count). The van der Waals surface area contributed by atoms with E-state index in [1.807, 2.05) is 19.1 Å². The number of amides is 3. The summed E-state index contributed by atoms with van der Waals surface area (Å²) in [4.78, 5) is 26.2. The van der Waals surface area contributed by atoms with Crippen molar-refractivity contribution in [2.75, 3.05) is 23.4 Å². The Morgan fingerprint density at radius 1 is 1.23 bits per heavy atom. The van der Waals surface area contributed by atoms with Crippen LogP contribution in [0, 0.1) is 0 Å². The van der Waals surface area contributed by atoms with Crippen LogP contribution in [0.5, 0.6) is 5.75 Å². The third-order valence-corrected chi connectivity index (χ3v) is 4.29. The Bertz CT molecular complexity index is 795. The van der Waals surface area contributed by atoms with Crippen LogP contribution in [0.3, 0.4) is 0 Å². The molecule has 1 atom stereocenters. The molecule has 7 heteroatoms. The minimum absolute atomic E-state index is 0.0349. The molecule has 1 aliphatic rings. The number of ether oxygens (including phenoxy) is 1. The molecule has 3 amide bonds. The molecule has 26 heavy (non-hydrogen) atoms. The molecule has 2 N–H and O–H groups in total. The molecule has 1 fully saturated rings. The molecule has 2 aromatic rings. The number of carbonyl (C=O) groups excluding carboxylic acids is 2. The predicted molar refractivity (Wildman–Crippen MR) is 102 cm³/mol. The third kappa shape index (κ3) is 4.26. The fraction of sp³-hybridized carbons (Fsp3) is 0.263. The maximum Gasteiger partial charge on any atom is 0.319 e. The lowest BCUT2D eigenvalue weighted by atomic mass is 10.2. The number of rotatable bonds is 5. The van der Waals surface area contributed by atoms with E-state index in [2.05, 4.69) is 10.6 Å². The Kier molecular flexibility index (Phi) is 5.63. The molecule has 0 saturated carbocycles. The van der Waals surface area contributed by atoms with Crippen LogP contribution in [0.4, 0.5) is 16.2 Å². The summed E-state index contributed by atoms with van der Waals surface area (Å²) in [6, 6.07) is 13.6. The molecule has 1 saturated heterocycles. The topological polar surface area (TPSA) is 70.7 Å². The number of nitrogens with zero attached hydrogens (tertiary/aromatic N) is 1. The lowest BCUT2D eigenvalue weighted by molar-refractivity contribution is -0.117. The smallest absolute Gasteiger partial charge is 0.319 e. The Morgan fingerprint density at radius 2 is 1.96 bits per heavy atom. The predicted octanol–water partition coefficient (Wildman–Crippen LogP) is 3.67. The average Bonchev–Trinajstić information content (AvgIpc) is 2.97. The van der Waals surface area contributed by atoms with Gasteiger partial charge < -0.3 is 20.3 Å². The molecular formula is C19H20ClN3O3. The van der Waals surface area contributed by atoms with Crippen molar-refractivity contribution in [2.24, 2.45) is 0 Å². The van der Waals surface area contributed by atoms with Crippen molar-refractivity contribution >= 4 is 34.9 Å². The van der Waals surface area contributed by atoms with Crippen molar-refractivity contribution in [3.8, 4) is 5.75 Å². The van der Waals surface area contributed by atoms with Crippen LogP contribution in [0.15, 0.2) is 48.5 Å². The van der Waals surface area contributed by atoms with Gasteiger partial charge in [0.1, 0.15) is 5.75 Å². The fourth-order valence-electron chi connectivity index (χ4n) is 2.87. The van der Waals surface area contributed by atoms with E-state index in [1.165, 1.54) is 0 Å². The summed E-state index contributed by atoms with van der Waals surface area (Å²) < 4.78 is 5.49. The summed E-state index contributed by atoms with van der Waals surface area (Å²) in [5.74, 6) is 0.572. The maximum atomic E-state index is 12.3. The van der Waals surface area contributed by atoms with Crippen molar-refractivity contribution < 1.29 is 14.3 Å². The first-order valence-corrected chi connectivity index (χ1v) is 8.80. The van der Waals surface area contributed by atoms with Gasteiger partial charge >= 0.3 is 6.03 Å². The summed E-state index contributed by atoms with van der Waals surface area (Å²) >= 11 is 5.89. The van der Waals surface area contributed by atoms with E-state index in [0.717, 1.165) is 5.69 Å². The number of hydrogen-bond donors (Lipinski definition) is 2. The number of carbonyl (C=O) groups is 2. The molecule has 2 aromatic carbocycles. The number of urea groups is 1. The molecule has 1 heterocycles. The zero-order valence-corrected chi connectivity index (χ0v) is 15.1. The van der Waals surface area contributed by atoms with Crippen molar-refractivity contribution in [2.45, 2.75) is 19.4 Å². The molecule has 1 aliphatic heterocycles. The lowest BCUT2D eigenvalue weighted by Crippen LogP contribution is -2.39. The first-order chi connectivity index (χ1) is 12.6. The van der Waals surface area contributed by atoms with E-state index in [9.17, 15) is 9.59 Å². The van der Waals surface area contributed by atoms with Gasteiger partial charge in [-0.15, -0.1) is 0 Å². The van der Waals surface area contributed by atoms with Gasteiger partial charge in [0.2, 0.25) is 5.91 Å². The zero-order chi connectivity index (χ0) is 18.5. The second kappa shape index (κ2) is 8.10. The normalized spacial score (nSPS) is 16.5. The highest BCUT2D eigenvalue weighted by molar-refractivity contribution is 6.30. The molecule has 6 nitrogen and oxygen atoms in total. The first-order valence-electron chi connectivity index (χ1n) is 8.42. The monoisotopic (exact) mass is 373 g/mol. The maximum absolute atomic E-state index is 12.3. The number of hydrogen-bond acceptors (Lipinski definition) is 3. The minimum Gasteiger partial charge on any atom is -0.492 e. The molecule has 0 spiro atoms. The molecule has 136 valence electrons. The number of halogens is 1. The summed E-state index contributed by atoms with van der Waals surface area (Å²) in [5, 5.41) is 6.23. The van der Waals surface area contributed by atoms with E-state index in [1.54, 1.807) is 41.3 Å². The zero-order valence-electron chi connectivity index (χ0n) is 14.4. The second-order valence-corrected chi connectivity index (χ2v) is 6.35. The highest BCUT2D eigenvalue weighted by Crippen LogP contribution is 2.25. The van der Waals surface area contributed by atoms with E-state index < -0.39 is 0 Å². The van der Waals surface area contributed by atoms with Gasteiger partial charge in [-0.3, -0.25) is 4.79 Å². The van der Waals surface area contributed by atoms with Crippen LogP contribution < -0.4 is 20.3 Å². The van der Waals surface area contributed by atoms with Crippen LogP contribution in [0.25, 0.3) is 0 Å². The van der Waals surface area contributed by atoms with E-state index in [-0.39, 0.29) is 24.4 Å². The van der Waals surface area contributed by atoms with Gasteiger partial charge in [0.05, 0.1) is 18.3 Å². The largest absolute Gasteiger partial charge is 0.492 e. The molecule has 0 aliphatic carbocycles. The highest BCUT2D eigenvalue weighted by atomic mass is 35.5. The van der Waals surface area contributed by atoms with Crippen LogP contribution in [-0.2, 0) is 4.79 Å². The van der Waals surface area contributed by atoms with Gasteiger partial charge in [-0.1, -0.05) is 23.7 Å². The van der Waals surface area contributed by atoms with Crippen LogP contribution >= 0.6 is 11.6 Å². The SMILES string of the molecule is CCOc1ccccc1NC(=O)N[C@H]1CC(=O)N(c2ccc(Cl)cc2)C1. The van der Waals surface area contributed by atoms with Crippen molar-refractivity contribution in [3.05, 3.63) is 53.6 Å². The van der Waals surface area contributed by atoms with Crippen molar-refractivity contribution in [3.63, 3.8) is 0 Å². The molecular weight excluding hydrogens is 354 g/mol. The number of anilines is 2. The van der Waals surface area contributed by atoms with E-state index in [0.29, 0.717) is 29.6 Å². The highest BCUT2D eigenvalue weighted by Gasteiger charge is 2.31. The van der Waals surface area contributed by atoms with Gasteiger partial charge in [-0.25, -0.2) is 4.79 Å². The molecule has 0 aromatic heterocycles. The van der Waals surface area contributed by atoms with E-state index >= 15 is 0 Å². The van der Waals surface area contributed by atoms with Gasteiger partial charge in [0.15, 0.2) is 0 Å². The summed E-state index contributed by atoms with van der Waals surface area (Å²) in [6.07, 6.45) is 0.253. The summed E-state index contributed by atoms with van der Waals surface area (Å²) in [7, 11) is 0. The molecule has 0 bridgehead atoms. The molecule has 0 unspecified atom stereocenters. The van der Waals surface area contributed by atoms with Gasteiger partial charge in [0.25, 0.3) is 0 Å². The summed E-state index contributed by atoms with van der Waals surface area (Å²) in [6.45, 7) is 2.81. The third-order valence-electron chi connectivity index (χ3n) is 4.03. The molecule has 0 radical (unpaired) electrons. The first kappa shape index (κ1) is 18.1. The average molecular weight is 374 g/mol. The van der Waals surface area contributed by atoms with Gasteiger partial charge in [0, 0.05) is 23.7 Å². The van der Waals surface area contributed by atoms with Gasteiger partial charge in [-0.05, 0) is 43.3 Å². The second-order valence-electron chi connectivity index (χ2n) is 5.91. The minimum atomic E-state index is -0.368. The Hall–Kier alpha value is -2.73. The number of benzene rings is 2. The standard InChI is InChI=1S/C19H20ClN3O3/c1-2-26-17-6-4-3-5-16(17)22-19(25)21-14-11-18(24)23(12-14)15-9-7-13(20)8-10-15/h3-10,14H,2,11-12H2,1H3,(H2,21,22,25)/t14-/m0/s1. The number of nitrogens with one attached hydrogen (secondary N) is 2. The van der Waals surface area contributed by atoms with Crippen molar-refractivity contribution in [1.82, 2.24) is 5.32 Å². The van der Waals surface area contributed by atoms with Gasteiger partial charge in [-0.2, -0.15) is 0 Å². The number of para-hydroxylation sites is 2. The van der Waals surface area contributed by atoms with Crippen LogP contribution in [0.2, 0.25) is 5.02 Å². The quantitative estimate of drug-likeness (QED) is 0.840. The van der Waals surface area contributed by atoms with Crippen LogP contribution in [0.1, 0.15) is 13.3 Å². The Balaban J connectivity index is 1.60.